The lowest BCUT2D eigenvalue weighted by atomic mass is 9.65. The van der Waals surface area contributed by atoms with Crippen LogP contribution in [0.15, 0.2) is 283 Å². The average molecular weight is 967 g/mol. The Hall–Kier alpha value is -9.96. The lowest BCUT2D eigenvalue weighted by Crippen LogP contribution is -2.29. The van der Waals surface area contributed by atoms with Crippen molar-refractivity contribution in [1.82, 2.24) is 0 Å². The Morgan fingerprint density at radius 2 is 0.803 bits per heavy atom. The largest absolute Gasteiger partial charge is 0.455 e. The van der Waals surface area contributed by atoms with Gasteiger partial charge in [-0.3, -0.25) is 0 Å². The maximum absolute atomic E-state index is 7.00. The summed E-state index contributed by atoms with van der Waals surface area (Å²) in [4.78, 5) is 4.90. The predicted molar refractivity (Wildman–Crippen MR) is 315 cm³/mol. The van der Waals surface area contributed by atoms with Crippen molar-refractivity contribution in [3.05, 3.63) is 301 Å². The third-order valence-electron chi connectivity index (χ3n) is 16.4. The van der Waals surface area contributed by atoms with Gasteiger partial charge in [0.1, 0.15) is 11.2 Å². The Bertz CT molecular complexity index is 4480. The molecular weight excluding hydrogens is 921 g/mol. The molecule has 1 spiro atoms. The summed E-state index contributed by atoms with van der Waals surface area (Å²) in [6.07, 6.45) is 0. The van der Waals surface area contributed by atoms with Crippen molar-refractivity contribution in [3.63, 3.8) is 0 Å². The van der Waals surface area contributed by atoms with Gasteiger partial charge in [-0.15, -0.1) is 0 Å². The van der Waals surface area contributed by atoms with Crippen LogP contribution in [0.4, 0.5) is 34.1 Å². The molecule has 0 fully saturated rings. The van der Waals surface area contributed by atoms with E-state index in [9.17, 15) is 0 Å². The van der Waals surface area contributed by atoms with Crippen LogP contribution in [0.5, 0.6) is 0 Å². The zero-order valence-electron chi connectivity index (χ0n) is 41.4. The summed E-state index contributed by atoms with van der Waals surface area (Å²) in [6, 6.07) is 103. The molecule has 0 amide bonds. The molecule has 354 valence electrons. The molecule has 2 heterocycles. The second kappa shape index (κ2) is 16.5. The molecule has 3 heteroatoms. The van der Waals surface area contributed by atoms with Gasteiger partial charge in [0.25, 0.3) is 0 Å². The molecule has 0 N–H and O–H groups in total. The quantitative estimate of drug-likeness (QED) is 0.171. The standard InChI is InChI=1S/C73H46N2O/c1-3-19-47(20-4-1)48-35-37-50(38-36-48)74(51-39-41-55-58-26-11-16-32-68(58)75(49-21-5-2-6-22-49)69-33-17-12-27-59(69)63(55)45-51)52-40-42-57-54-24-8-7-23-53(54)56-25-9-14-30-64(56)73(67(57)46-52)65-31-15-10-29-62(65)71-66(73)44-43-61-60-28-13-18-34-70(60)76-72(61)71/h1-46H. The molecule has 1 aromatic heterocycles. The SMILES string of the molecule is c1ccc(-c2ccc(N(c3ccc4c(c3)-c3ccccc3N(c3ccccc3)c3ccccc3-4)c3ccc4c(c3)C3(c5ccccc5-c5ccccc5-4)c4ccccc4-c4c3ccc3c4oc4ccccc43)cc2)cc1. The van der Waals surface area contributed by atoms with Gasteiger partial charge in [0.15, 0.2) is 0 Å². The molecule has 3 aliphatic rings. The van der Waals surface area contributed by atoms with Crippen LogP contribution in [0.1, 0.15) is 22.3 Å². The number of nitrogens with zero attached hydrogens (tertiary/aromatic N) is 2. The zero-order chi connectivity index (χ0) is 49.9. The number of hydrogen-bond donors (Lipinski definition) is 0. The van der Waals surface area contributed by atoms with E-state index in [4.69, 9.17) is 4.42 Å². The minimum Gasteiger partial charge on any atom is -0.455 e. The first-order chi connectivity index (χ1) is 37.7. The number of para-hydroxylation sites is 4. The number of benzene rings is 12. The van der Waals surface area contributed by atoms with Gasteiger partial charge in [-0.05, 0) is 139 Å². The molecule has 76 heavy (non-hydrogen) atoms. The highest BCUT2D eigenvalue weighted by Crippen LogP contribution is 2.64. The van der Waals surface area contributed by atoms with E-state index in [-0.39, 0.29) is 0 Å². The molecule has 3 nitrogen and oxygen atoms in total. The van der Waals surface area contributed by atoms with Crippen LogP contribution in [0, 0.1) is 0 Å². The summed E-state index contributed by atoms with van der Waals surface area (Å²) in [5.74, 6) is 0. The van der Waals surface area contributed by atoms with Crippen LogP contribution < -0.4 is 9.80 Å². The molecule has 0 saturated heterocycles. The smallest absolute Gasteiger partial charge is 0.143 e. The van der Waals surface area contributed by atoms with Crippen molar-refractivity contribution in [3.8, 4) is 66.8 Å². The fourth-order valence-corrected chi connectivity index (χ4v) is 13.3. The van der Waals surface area contributed by atoms with Crippen molar-refractivity contribution in [2.45, 2.75) is 5.41 Å². The Kier molecular flexibility index (Phi) is 9.25. The molecule has 1 atom stereocenters. The van der Waals surface area contributed by atoms with Crippen molar-refractivity contribution in [2.24, 2.45) is 0 Å². The van der Waals surface area contributed by atoms with Crippen molar-refractivity contribution < 1.29 is 4.42 Å². The highest BCUT2D eigenvalue weighted by Gasteiger charge is 2.51. The molecule has 0 saturated carbocycles. The molecule has 1 unspecified atom stereocenters. The second-order valence-electron chi connectivity index (χ2n) is 20.3. The van der Waals surface area contributed by atoms with E-state index in [1.807, 2.05) is 0 Å². The first kappa shape index (κ1) is 42.5. The maximum atomic E-state index is 7.00. The van der Waals surface area contributed by atoms with Crippen LogP contribution in [-0.2, 0) is 5.41 Å². The number of fused-ring (bicyclic) bond motifs is 21. The lowest BCUT2D eigenvalue weighted by molar-refractivity contribution is 0.669. The van der Waals surface area contributed by atoms with E-state index >= 15 is 0 Å². The van der Waals surface area contributed by atoms with E-state index in [0.717, 1.165) is 61.6 Å². The fraction of sp³-hybridized carbons (Fsp3) is 0.0137. The summed E-state index contributed by atoms with van der Waals surface area (Å²) in [6.45, 7) is 0. The van der Waals surface area contributed by atoms with Gasteiger partial charge in [-0.2, -0.15) is 0 Å². The van der Waals surface area contributed by atoms with Crippen LogP contribution in [0.3, 0.4) is 0 Å². The molecule has 0 radical (unpaired) electrons. The van der Waals surface area contributed by atoms with Gasteiger partial charge in [-0.1, -0.05) is 212 Å². The molecule has 1 aliphatic heterocycles. The van der Waals surface area contributed by atoms with E-state index in [1.165, 1.54) is 83.5 Å². The maximum Gasteiger partial charge on any atom is 0.143 e. The third kappa shape index (κ3) is 6.05. The number of hydrogen-bond acceptors (Lipinski definition) is 3. The number of rotatable bonds is 5. The summed E-state index contributed by atoms with van der Waals surface area (Å²) >= 11 is 0. The summed E-state index contributed by atoms with van der Waals surface area (Å²) < 4.78 is 7.00. The summed E-state index contributed by atoms with van der Waals surface area (Å²) in [5.41, 5.74) is 26.9. The van der Waals surface area contributed by atoms with Gasteiger partial charge in [0, 0.05) is 50.2 Å². The number of anilines is 6. The molecule has 16 rings (SSSR count). The van der Waals surface area contributed by atoms with Gasteiger partial charge >= 0.3 is 0 Å². The first-order valence-electron chi connectivity index (χ1n) is 26.2. The van der Waals surface area contributed by atoms with Crippen LogP contribution in [-0.4, -0.2) is 0 Å². The molecular formula is C73H46N2O. The van der Waals surface area contributed by atoms with Gasteiger partial charge in [-0.25, -0.2) is 0 Å². The monoisotopic (exact) mass is 966 g/mol. The number of furan rings is 1. The zero-order valence-corrected chi connectivity index (χ0v) is 41.4. The van der Waals surface area contributed by atoms with E-state index in [1.54, 1.807) is 0 Å². The highest BCUT2D eigenvalue weighted by molar-refractivity contribution is 6.13. The Labute approximate surface area is 441 Å². The third-order valence-corrected chi connectivity index (χ3v) is 16.4. The Balaban J connectivity index is 0.987. The second-order valence-corrected chi connectivity index (χ2v) is 20.3. The van der Waals surface area contributed by atoms with E-state index in [0.29, 0.717) is 0 Å². The van der Waals surface area contributed by atoms with Crippen LogP contribution >= 0.6 is 0 Å². The Morgan fingerprint density at radius 3 is 1.53 bits per heavy atom. The summed E-state index contributed by atoms with van der Waals surface area (Å²) in [7, 11) is 0. The van der Waals surface area contributed by atoms with Gasteiger partial charge < -0.3 is 14.2 Å². The minimum absolute atomic E-state index is 0.736. The van der Waals surface area contributed by atoms with Crippen molar-refractivity contribution in [1.29, 1.82) is 0 Å². The van der Waals surface area contributed by atoms with E-state index < -0.39 is 5.41 Å². The van der Waals surface area contributed by atoms with E-state index in [2.05, 4.69) is 289 Å². The Morgan fingerprint density at radius 1 is 0.303 bits per heavy atom. The fourth-order valence-electron chi connectivity index (χ4n) is 13.3. The van der Waals surface area contributed by atoms with Crippen molar-refractivity contribution >= 4 is 56.1 Å². The van der Waals surface area contributed by atoms with Crippen LogP contribution in [0.2, 0.25) is 0 Å². The average Bonchev–Trinajstić information content (AvgIpc) is 4.19. The van der Waals surface area contributed by atoms with Gasteiger partial charge in [0.2, 0.25) is 0 Å². The molecule has 12 aromatic carbocycles. The predicted octanol–water partition coefficient (Wildman–Crippen LogP) is 19.9. The molecule has 2 aliphatic carbocycles. The normalized spacial score (nSPS) is 14.3. The first-order valence-corrected chi connectivity index (χ1v) is 26.2. The summed E-state index contributed by atoms with van der Waals surface area (Å²) in [5, 5.41) is 2.26. The van der Waals surface area contributed by atoms with Crippen LogP contribution in [0.25, 0.3) is 88.7 Å². The topological polar surface area (TPSA) is 19.6 Å². The molecule has 13 aromatic rings. The van der Waals surface area contributed by atoms with Crippen molar-refractivity contribution in [2.75, 3.05) is 9.80 Å². The highest BCUT2D eigenvalue weighted by atomic mass is 16.3. The minimum atomic E-state index is -0.736. The lowest BCUT2D eigenvalue weighted by Gasteiger charge is -2.36. The molecule has 0 bridgehead atoms. The van der Waals surface area contributed by atoms with Gasteiger partial charge in [0.05, 0.1) is 16.8 Å².